The molecule has 1 aromatic rings. The number of aromatic carboxylic acids is 1. The quantitative estimate of drug-likeness (QED) is 0.836. The standard InChI is InChI=1S/C8H5BrClFO2/c9-3-4-1-5(11)2-6(10)7(4)8(12)13/h1-2H,3H2,(H,12,13). The van der Waals surface area contributed by atoms with Crippen LogP contribution < -0.4 is 0 Å². The summed E-state index contributed by atoms with van der Waals surface area (Å²) < 4.78 is 12.8. The van der Waals surface area contributed by atoms with E-state index in [4.69, 9.17) is 16.7 Å². The van der Waals surface area contributed by atoms with Gasteiger partial charge in [-0.05, 0) is 17.7 Å². The monoisotopic (exact) mass is 266 g/mol. The van der Waals surface area contributed by atoms with Crippen molar-refractivity contribution in [1.29, 1.82) is 0 Å². The molecule has 0 aromatic heterocycles. The van der Waals surface area contributed by atoms with Gasteiger partial charge in [0.25, 0.3) is 0 Å². The van der Waals surface area contributed by atoms with Crippen LogP contribution in [0.4, 0.5) is 4.39 Å². The number of rotatable bonds is 2. The summed E-state index contributed by atoms with van der Waals surface area (Å²) in [4.78, 5) is 10.7. The first-order chi connectivity index (χ1) is 6.06. The summed E-state index contributed by atoms with van der Waals surface area (Å²) in [5.74, 6) is -1.69. The number of carbonyl (C=O) groups is 1. The average Bonchev–Trinajstić information content (AvgIpc) is 2.01. The molecule has 0 fully saturated rings. The summed E-state index contributed by atoms with van der Waals surface area (Å²) in [5, 5.41) is 8.92. The Morgan fingerprint density at radius 1 is 1.62 bits per heavy atom. The molecule has 0 bridgehead atoms. The Morgan fingerprint density at radius 3 is 2.69 bits per heavy atom. The van der Waals surface area contributed by atoms with E-state index >= 15 is 0 Å². The number of hydrogen-bond acceptors (Lipinski definition) is 1. The molecule has 0 aliphatic rings. The topological polar surface area (TPSA) is 37.3 Å². The van der Waals surface area contributed by atoms with Crippen molar-refractivity contribution >= 4 is 33.5 Å². The second kappa shape index (κ2) is 4.07. The van der Waals surface area contributed by atoms with Gasteiger partial charge in [0, 0.05) is 5.33 Å². The first-order valence-electron chi connectivity index (χ1n) is 3.33. The molecule has 0 atom stereocenters. The summed E-state index contributed by atoms with van der Waals surface area (Å²) in [7, 11) is 0. The first-order valence-corrected chi connectivity index (χ1v) is 4.83. The number of alkyl halides is 1. The Hall–Kier alpha value is -0.610. The second-order valence-corrected chi connectivity index (χ2v) is 3.33. The summed E-state index contributed by atoms with van der Waals surface area (Å²) in [6, 6.07) is 2.13. The molecule has 0 heterocycles. The molecule has 0 radical (unpaired) electrons. The SMILES string of the molecule is O=C(O)c1c(Cl)cc(F)cc1CBr. The molecule has 0 spiro atoms. The van der Waals surface area contributed by atoms with E-state index in [-0.39, 0.29) is 15.9 Å². The molecule has 0 amide bonds. The third-order valence-corrected chi connectivity index (χ3v) is 2.40. The lowest BCUT2D eigenvalue weighted by atomic mass is 10.1. The van der Waals surface area contributed by atoms with Crippen molar-refractivity contribution in [3.05, 3.63) is 34.1 Å². The Balaban J connectivity index is 3.38. The summed E-state index contributed by atoms with van der Waals surface area (Å²) >= 11 is 8.62. The molecule has 0 aliphatic carbocycles. The predicted octanol–water partition coefficient (Wildman–Crippen LogP) is 3.07. The normalized spacial score (nSPS) is 10.1. The maximum absolute atomic E-state index is 12.8. The molecule has 1 rings (SSSR count). The van der Waals surface area contributed by atoms with Gasteiger partial charge in [0.05, 0.1) is 10.6 Å². The van der Waals surface area contributed by atoms with Gasteiger partial charge in [0.1, 0.15) is 5.82 Å². The Bertz CT molecular complexity index is 354. The van der Waals surface area contributed by atoms with Gasteiger partial charge in [-0.1, -0.05) is 27.5 Å². The van der Waals surface area contributed by atoms with Crippen LogP contribution in [0, 0.1) is 5.82 Å². The minimum atomic E-state index is -1.15. The largest absolute Gasteiger partial charge is 0.478 e. The van der Waals surface area contributed by atoms with E-state index < -0.39 is 11.8 Å². The molecule has 1 aromatic carbocycles. The molecule has 0 saturated carbocycles. The lowest BCUT2D eigenvalue weighted by molar-refractivity contribution is 0.0696. The molecule has 70 valence electrons. The minimum Gasteiger partial charge on any atom is -0.478 e. The molecule has 2 nitrogen and oxygen atoms in total. The molecule has 0 aliphatic heterocycles. The maximum Gasteiger partial charge on any atom is 0.337 e. The van der Waals surface area contributed by atoms with E-state index in [1.54, 1.807) is 0 Å². The Labute approximate surface area is 87.5 Å². The highest BCUT2D eigenvalue weighted by atomic mass is 79.9. The molecule has 0 unspecified atom stereocenters. The van der Waals surface area contributed by atoms with Crippen LogP contribution in [0.5, 0.6) is 0 Å². The maximum atomic E-state index is 12.8. The number of hydrogen-bond donors (Lipinski definition) is 1. The number of carboxylic acids is 1. The van der Waals surface area contributed by atoms with E-state index in [9.17, 15) is 9.18 Å². The molecular formula is C8H5BrClFO2. The highest BCUT2D eigenvalue weighted by Gasteiger charge is 2.15. The van der Waals surface area contributed by atoms with E-state index in [0.717, 1.165) is 12.1 Å². The fourth-order valence-corrected chi connectivity index (χ4v) is 1.72. The van der Waals surface area contributed by atoms with Gasteiger partial charge < -0.3 is 5.11 Å². The van der Waals surface area contributed by atoms with Crippen molar-refractivity contribution in [2.45, 2.75) is 5.33 Å². The van der Waals surface area contributed by atoms with E-state index in [0.29, 0.717) is 5.56 Å². The highest BCUT2D eigenvalue weighted by molar-refractivity contribution is 9.08. The second-order valence-electron chi connectivity index (χ2n) is 2.36. The van der Waals surface area contributed by atoms with Gasteiger partial charge in [-0.15, -0.1) is 0 Å². The van der Waals surface area contributed by atoms with Gasteiger partial charge in [-0.25, -0.2) is 9.18 Å². The Morgan fingerprint density at radius 2 is 2.23 bits per heavy atom. The summed E-state index contributed by atoms with van der Waals surface area (Å²) in [5.41, 5.74) is 0.275. The van der Waals surface area contributed by atoms with Crippen molar-refractivity contribution in [3.63, 3.8) is 0 Å². The molecule has 1 N–H and O–H groups in total. The number of halogens is 3. The van der Waals surface area contributed by atoms with Crippen molar-refractivity contribution in [3.8, 4) is 0 Å². The van der Waals surface area contributed by atoms with Crippen molar-refractivity contribution in [2.75, 3.05) is 0 Å². The molecule has 0 saturated heterocycles. The third-order valence-electron chi connectivity index (χ3n) is 1.49. The lowest BCUT2D eigenvalue weighted by Crippen LogP contribution is -2.03. The first kappa shape index (κ1) is 10.5. The zero-order chi connectivity index (χ0) is 10.0. The number of carboxylic acid groups (broad SMARTS) is 1. The van der Waals surface area contributed by atoms with Gasteiger partial charge in [0.15, 0.2) is 0 Å². The fourth-order valence-electron chi connectivity index (χ4n) is 0.972. The van der Waals surface area contributed by atoms with Gasteiger partial charge in [-0.3, -0.25) is 0 Å². The van der Waals surface area contributed by atoms with Crippen LogP contribution in [0.15, 0.2) is 12.1 Å². The van der Waals surface area contributed by atoms with E-state index in [1.807, 2.05) is 0 Å². The summed E-state index contributed by atoms with van der Waals surface area (Å²) in [6.45, 7) is 0. The van der Waals surface area contributed by atoms with Crippen LogP contribution >= 0.6 is 27.5 Å². The lowest BCUT2D eigenvalue weighted by Gasteiger charge is -2.04. The van der Waals surface area contributed by atoms with Gasteiger partial charge in [0.2, 0.25) is 0 Å². The van der Waals surface area contributed by atoms with Gasteiger partial charge in [-0.2, -0.15) is 0 Å². The number of benzene rings is 1. The van der Waals surface area contributed by atoms with E-state index in [2.05, 4.69) is 15.9 Å². The smallest absolute Gasteiger partial charge is 0.337 e. The van der Waals surface area contributed by atoms with Crippen LogP contribution in [0.2, 0.25) is 5.02 Å². The average molecular weight is 267 g/mol. The highest BCUT2D eigenvalue weighted by Crippen LogP contribution is 2.23. The Kier molecular flexibility index (Phi) is 3.27. The van der Waals surface area contributed by atoms with Crippen molar-refractivity contribution in [2.24, 2.45) is 0 Å². The van der Waals surface area contributed by atoms with Crippen molar-refractivity contribution in [1.82, 2.24) is 0 Å². The molecule has 13 heavy (non-hydrogen) atoms. The molecular weight excluding hydrogens is 262 g/mol. The minimum absolute atomic E-state index is 0.0556. The van der Waals surface area contributed by atoms with Gasteiger partial charge >= 0.3 is 5.97 Å². The van der Waals surface area contributed by atoms with Crippen LogP contribution in [0.25, 0.3) is 0 Å². The van der Waals surface area contributed by atoms with E-state index in [1.165, 1.54) is 0 Å². The van der Waals surface area contributed by atoms with Crippen molar-refractivity contribution < 1.29 is 14.3 Å². The zero-order valence-electron chi connectivity index (χ0n) is 6.35. The van der Waals surface area contributed by atoms with Crippen LogP contribution in [-0.2, 0) is 5.33 Å². The third kappa shape index (κ3) is 2.19. The predicted molar refractivity (Wildman–Crippen MR) is 51.0 cm³/mol. The zero-order valence-corrected chi connectivity index (χ0v) is 8.69. The fraction of sp³-hybridized carbons (Fsp3) is 0.125. The van der Waals surface area contributed by atoms with Crippen LogP contribution in [0.1, 0.15) is 15.9 Å². The molecule has 5 heteroatoms. The van der Waals surface area contributed by atoms with Crippen LogP contribution in [-0.4, -0.2) is 11.1 Å². The van der Waals surface area contributed by atoms with Crippen LogP contribution in [0.3, 0.4) is 0 Å². The summed E-state index contributed by atoms with van der Waals surface area (Å²) in [6.07, 6.45) is 0.